The summed E-state index contributed by atoms with van der Waals surface area (Å²) >= 11 is 1.42. The van der Waals surface area contributed by atoms with Crippen molar-refractivity contribution in [3.8, 4) is 0 Å². The zero-order valence-electron chi connectivity index (χ0n) is 8.39. The van der Waals surface area contributed by atoms with Gasteiger partial charge in [0.25, 0.3) is 0 Å². The zero-order chi connectivity index (χ0) is 9.97. The molecular weight excluding hydrogens is 196 g/mol. The van der Waals surface area contributed by atoms with E-state index in [-0.39, 0.29) is 0 Å². The molecule has 0 aliphatic carbocycles. The van der Waals surface area contributed by atoms with Crippen LogP contribution in [0, 0.1) is 5.92 Å². The van der Waals surface area contributed by atoms with Crippen molar-refractivity contribution in [3.63, 3.8) is 0 Å². The maximum Gasteiger partial charge on any atom is 0.0895 e. The molecule has 2 N–H and O–H groups in total. The third-order valence-electron chi connectivity index (χ3n) is 2.85. The summed E-state index contributed by atoms with van der Waals surface area (Å²) in [7, 11) is 0. The van der Waals surface area contributed by atoms with Crippen LogP contribution in [0.3, 0.4) is 0 Å². The molecule has 1 aliphatic heterocycles. The molecule has 0 radical (unpaired) electrons. The van der Waals surface area contributed by atoms with E-state index in [4.69, 9.17) is 5.73 Å². The molecule has 1 aromatic rings. The van der Waals surface area contributed by atoms with Crippen LogP contribution in [-0.4, -0.2) is 33.6 Å². The van der Waals surface area contributed by atoms with Gasteiger partial charge in [-0.25, -0.2) is 0 Å². The second kappa shape index (κ2) is 4.33. The van der Waals surface area contributed by atoms with Crippen molar-refractivity contribution in [2.75, 3.05) is 13.1 Å². The van der Waals surface area contributed by atoms with E-state index in [0.29, 0.717) is 12.0 Å². The maximum absolute atomic E-state index is 5.96. The number of nitrogens with zero attached hydrogens (tertiary/aromatic N) is 3. The maximum atomic E-state index is 5.96. The van der Waals surface area contributed by atoms with E-state index >= 15 is 0 Å². The van der Waals surface area contributed by atoms with Gasteiger partial charge in [0.15, 0.2) is 0 Å². The quantitative estimate of drug-likeness (QED) is 0.784. The van der Waals surface area contributed by atoms with E-state index in [9.17, 15) is 0 Å². The minimum Gasteiger partial charge on any atom is -0.327 e. The van der Waals surface area contributed by atoms with Gasteiger partial charge < -0.3 is 5.73 Å². The Morgan fingerprint density at radius 3 is 3.21 bits per heavy atom. The van der Waals surface area contributed by atoms with E-state index in [1.807, 2.05) is 5.38 Å². The van der Waals surface area contributed by atoms with Gasteiger partial charge in [0.05, 0.1) is 5.69 Å². The minimum absolute atomic E-state index is 0.375. The predicted octanol–water partition coefficient (Wildman–Crippen LogP) is 0.707. The van der Waals surface area contributed by atoms with Gasteiger partial charge in [-0.2, -0.15) is 0 Å². The van der Waals surface area contributed by atoms with Gasteiger partial charge in [0.2, 0.25) is 0 Å². The molecule has 0 amide bonds. The second-order valence-corrected chi connectivity index (χ2v) is 4.67. The summed E-state index contributed by atoms with van der Waals surface area (Å²) in [6.07, 6.45) is 1.10. The number of nitrogens with two attached hydrogens (primary N) is 1. The van der Waals surface area contributed by atoms with Crippen LogP contribution in [0.25, 0.3) is 0 Å². The Hall–Kier alpha value is -0.520. The molecule has 0 bridgehead atoms. The first kappa shape index (κ1) is 10.0. The summed E-state index contributed by atoms with van der Waals surface area (Å²) in [4.78, 5) is 2.41. The van der Waals surface area contributed by atoms with Crippen molar-refractivity contribution in [2.45, 2.75) is 25.9 Å². The van der Waals surface area contributed by atoms with Crippen LogP contribution < -0.4 is 5.73 Å². The normalized spacial score (nSPS) is 29.3. The monoisotopic (exact) mass is 212 g/mol. The van der Waals surface area contributed by atoms with E-state index in [0.717, 1.165) is 31.7 Å². The Morgan fingerprint density at radius 2 is 2.57 bits per heavy atom. The summed E-state index contributed by atoms with van der Waals surface area (Å²) in [6, 6.07) is 0.375. The minimum atomic E-state index is 0.375. The van der Waals surface area contributed by atoms with Crippen molar-refractivity contribution < 1.29 is 0 Å². The summed E-state index contributed by atoms with van der Waals surface area (Å²) in [5.74, 6) is 0.593. The van der Waals surface area contributed by atoms with Crippen molar-refractivity contribution in [1.82, 2.24) is 14.5 Å². The standard InChI is InChI=1S/C9H16N4S/c1-7-4-13(3-2-9(7)10)5-8-6-14-12-11-8/h6-7,9H,2-5,10H2,1H3. The van der Waals surface area contributed by atoms with Crippen molar-refractivity contribution >= 4 is 11.5 Å². The van der Waals surface area contributed by atoms with Crippen molar-refractivity contribution in [1.29, 1.82) is 0 Å². The largest absolute Gasteiger partial charge is 0.327 e. The van der Waals surface area contributed by atoms with Crippen molar-refractivity contribution in [3.05, 3.63) is 11.1 Å². The smallest absolute Gasteiger partial charge is 0.0895 e. The van der Waals surface area contributed by atoms with Crippen LogP contribution in [0.2, 0.25) is 0 Å². The Labute approximate surface area is 88.3 Å². The Balaban J connectivity index is 1.88. The van der Waals surface area contributed by atoms with E-state index in [1.54, 1.807) is 0 Å². The lowest BCUT2D eigenvalue weighted by Crippen LogP contribution is -2.45. The number of rotatable bonds is 2. The van der Waals surface area contributed by atoms with Gasteiger partial charge in [-0.1, -0.05) is 11.4 Å². The zero-order valence-corrected chi connectivity index (χ0v) is 9.20. The Bertz CT molecular complexity index is 274. The lowest BCUT2D eigenvalue weighted by atomic mass is 9.95. The molecule has 14 heavy (non-hydrogen) atoms. The number of hydrogen-bond acceptors (Lipinski definition) is 5. The predicted molar refractivity (Wildman–Crippen MR) is 56.9 cm³/mol. The molecule has 1 fully saturated rings. The lowest BCUT2D eigenvalue weighted by molar-refractivity contribution is 0.156. The first-order valence-corrected chi connectivity index (χ1v) is 5.83. The van der Waals surface area contributed by atoms with Crippen molar-refractivity contribution in [2.24, 2.45) is 11.7 Å². The SMILES string of the molecule is CC1CN(Cc2csnn2)CCC1N. The molecule has 2 heterocycles. The first-order valence-electron chi connectivity index (χ1n) is 4.99. The highest BCUT2D eigenvalue weighted by molar-refractivity contribution is 7.03. The van der Waals surface area contributed by atoms with E-state index < -0.39 is 0 Å². The van der Waals surface area contributed by atoms with Crippen LogP contribution in [-0.2, 0) is 6.54 Å². The van der Waals surface area contributed by atoms with Gasteiger partial charge in [-0.05, 0) is 23.9 Å². The molecule has 78 valence electrons. The molecule has 2 unspecified atom stereocenters. The van der Waals surface area contributed by atoms with E-state index in [1.165, 1.54) is 11.5 Å². The Morgan fingerprint density at radius 1 is 1.71 bits per heavy atom. The first-order chi connectivity index (χ1) is 6.75. The molecular formula is C9H16N4S. The van der Waals surface area contributed by atoms with Crippen LogP contribution in [0.5, 0.6) is 0 Å². The van der Waals surface area contributed by atoms with Gasteiger partial charge in [-0.3, -0.25) is 4.90 Å². The fraction of sp³-hybridized carbons (Fsp3) is 0.778. The number of piperidine rings is 1. The summed E-state index contributed by atoms with van der Waals surface area (Å²) in [5.41, 5.74) is 7.04. The molecule has 5 heteroatoms. The van der Waals surface area contributed by atoms with Crippen LogP contribution in [0.1, 0.15) is 19.0 Å². The Kier molecular flexibility index (Phi) is 3.10. The van der Waals surface area contributed by atoms with Gasteiger partial charge >= 0.3 is 0 Å². The van der Waals surface area contributed by atoms with Crippen LogP contribution in [0.4, 0.5) is 0 Å². The van der Waals surface area contributed by atoms with Crippen LogP contribution >= 0.6 is 11.5 Å². The molecule has 2 rings (SSSR count). The number of hydrogen-bond donors (Lipinski definition) is 1. The molecule has 1 aliphatic rings. The molecule has 1 saturated heterocycles. The summed E-state index contributed by atoms with van der Waals surface area (Å²) < 4.78 is 3.86. The third kappa shape index (κ3) is 2.29. The number of likely N-dealkylation sites (tertiary alicyclic amines) is 1. The lowest BCUT2D eigenvalue weighted by Gasteiger charge is -2.34. The molecule has 0 spiro atoms. The summed E-state index contributed by atoms with van der Waals surface area (Å²) in [6.45, 7) is 5.31. The van der Waals surface area contributed by atoms with E-state index in [2.05, 4.69) is 21.4 Å². The summed E-state index contributed by atoms with van der Waals surface area (Å²) in [5, 5.41) is 6.06. The topological polar surface area (TPSA) is 55.0 Å². The number of aromatic nitrogens is 2. The molecule has 1 aromatic heterocycles. The highest BCUT2D eigenvalue weighted by Gasteiger charge is 2.23. The molecule has 0 aromatic carbocycles. The fourth-order valence-corrected chi connectivity index (χ4v) is 2.32. The third-order valence-corrected chi connectivity index (χ3v) is 3.40. The van der Waals surface area contributed by atoms with Gasteiger partial charge in [-0.15, -0.1) is 5.10 Å². The highest BCUT2D eigenvalue weighted by atomic mass is 32.1. The highest BCUT2D eigenvalue weighted by Crippen LogP contribution is 2.16. The molecule has 4 nitrogen and oxygen atoms in total. The molecule has 2 atom stereocenters. The fourth-order valence-electron chi connectivity index (χ4n) is 1.88. The van der Waals surface area contributed by atoms with Gasteiger partial charge in [0.1, 0.15) is 0 Å². The van der Waals surface area contributed by atoms with Crippen LogP contribution in [0.15, 0.2) is 5.38 Å². The molecule has 0 saturated carbocycles. The average molecular weight is 212 g/mol. The average Bonchev–Trinajstić information content (AvgIpc) is 2.64. The second-order valence-electron chi connectivity index (χ2n) is 4.06. The van der Waals surface area contributed by atoms with Gasteiger partial charge in [0, 0.05) is 31.1 Å².